The van der Waals surface area contributed by atoms with E-state index < -0.39 is 14.3 Å². The Balaban J connectivity index is 1.79. The minimum atomic E-state index is -1.65. The van der Waals surface area contributed by atoms with Gasteiger partial charge in [0.05, 0.1) is 17.1 Å². The van der Waals surface area contributed by atoms with Crippen molar-refractivity contribution in [3.05, 3.63) is 23.2 Å². The van der Waals surface area contributed by atoms with Crippen LogP contribution in [0.3, 0.4) is 0 Å². The van der Waals surface area contributed by atoms with Crippen molar-refractivity contribution in [3.8, 4) is 0 Å². The van der Waals surface area contributed by atoms with Crippen LogP contribution in [0, 0.1) is 5.92 Å². The van der Waals surface area contributed by atoms with Gasteiger partial charge in [-0.15, -0.1) is 0 Å². The molecular formula is C22H37ClN2O3Si. The normalized spacial score (nSPS) is 16.1. The quantitative estimate of drug-likeness (QED) is 0.471. The zero-order chi connectivity index (χ0) is 21.7. The molecule has 0 aliphatic carbocycles. The molecule has 1 aromatic rings. The van der Waals surface area contributed by atoms with Crippen molar-refractivity contribution in [1.82, 2.24) is 0 Å². The lowest BCUT2D eigenvalue weighted by molar-refractivity contribution is -0.136. The van der Waals surface area contributed by atoms with Crippen LogP contribution in [-0.2, 0) is 9.22 Å². The molecule has 1 aliphatic heterocycles. The van der Waals surface area contributed by atoms with Gasteiger partial charge in [0.1, 0.15) is 0 Å². The Kier molecular flexibility index (Phi) is 8.44. The lowest BCUT2D eigenvalue weighted by Crippen LogP contribution is -2.41. The van der Waals surface area contributed by atoms with Crippen molar-refractivity contribution in [3.63, 3.8) is 0 Å². The maximum Gasteiger partial charge on any atom is 0.305 e. The fraction of sp³-hybridized carbons (Fsp3) is 0.682. The molecule has 2 rings (SSSR count). The average Bonchev–Trinajstić information content (AvgIpc) is 2.62. The molecule has 1 fully saturated rings. The number of benzene rings is 1. The summed E-state index contributed by atoms with van der Waals surface area (Å²) < 4.78 is 6.35. The summed E-state index contributed by atoms with van der Waals surface area (Å²) in [5.74, 6) is -0.0914. The van der Waals surface area contributed by atoms with E-state index in [1.54, 1.807) is 0 Å². The summed E-state index contributed by atoms with van der Waals surface area (Å²) in [6, 6.07) is 5.99. The second-order valence-corrected chi connectivity index (χ2v) is 14.8. The van der Waals surface area contributed by atoms with E-state index in [9.17, 15) is 4.79 Å². The van der Waals surface area contributed by atoms with Crippen molar-refractivity contribution in [2.75, 3.05) is 36.5 Å². The number of carboxylic acid groups (broad SMARTS) is 1. The Bertz CT molecular complexity index is 683. The summed E-state index contributed by atoms with van der Waals surface area (Å²) in [5, 5.41) is 12.7. The predicted molar refractivity (Wildman–Crippen MR) is 125 cm³/mol. The van der Waals surface area contributed by atoms with Gasteiger partial charge < -0.3 is 19.7 Å². The van der Waals surface area contributed by atoms with Gasteiger partial charge >= 0.3 is 5.97 Å². The van der Waals surface area contributed by atoms with Crippen LogP contribution >= 0.6 is 11.6 Å². The monoisotopic (exact) mass is 440 g/mol. The van der Waals surface area contributed by atoms with E-state index in [1.165, 1.54) is 12.8 Å². The summed E-state index contributed by atoms with van der Waals surface area (Å²) in [4.78, 5) is 13.0. The first kappa shape index (κ1) is 24.0. The Hall–Kier alpha value is -1.24. The van der Waals surface area contributed by atoms with E-state index in [4.69, 9.17) is 21.1 Å². The number of rotatable bonds is 9. The maximum absolute atomic E-state index is 10.6. The SMILES string of the molecule is CC(C)(C)[Si](C)(C)OCCC1CCN(c2ccc(NCCC(=O)O)c(Cl)c2)CC1. The molecule has 1 aromatic carbocycles. The third-order valence-electron chi connectivity index (χ3n) is 6.38. The second kappa shape index (κ2) is 10.2. The topological polar surface area (TPSA) is 61.8 Å². The van der Waals surface area contributed by atoms with Gasteiger partial charge in [0.25, 0.3) is 0 Å². The minimum absolute atomic E-state index is 0.0741. The molecule has 0 atom stereocenters. The van der Waals surface area contributed by atoms with Crippen LogP contribution in [0.1, 0.15) is 46.5 Å². The van der Waals surface area contributed by atoms with Crippen LogP contribution in [0.15, 0.2) is 18.2 Å². The highest BCUT2D eigenvalue weighted by Gasteiger charge is 2.37. The van der Waals surface area contributed by atoms with Crippen LogP contribution in [0.5, 0.6) is 0 Å². The van der Waals surface area contributed by atoms with Crippen molar-refractivity contribution >= 4 is 37.3 Å². The summed E-state index contributed by atoms with van der Waals surface area (Å²) >= 11 is 6.39. The molecule has 5 nitrogen and oxygen atoms in total. The lowest BCUT2D eigenvalue weighted by Gasteiger charge is -2.37. The smallest absolute Gasteiger partial charge is 0.305 e. The number of aliphatic carboxylic acids is 1. The van der Waals surface area contributed by atoms with E-state index in [1.807, 2.05) is 12.1 Å². The second-order valence-electron chi connectivity index (χ2n) is 9.56. The molecule has 1 heterocycles. The number of halogens is 1. The van der Waals surface area contributed by atoms with Crippen LogP contribution in [0.4, 0.5) is 11.4 Å². The van der Waals surface area contributed by atoms with Crippen molar-refractivity contribution in [1.29, 1.82) is 0 Å². The largest absolute Gasteiger partial charge is 0.481 e. The molecule has 0 saturated carbocycles. The predicted octanol–water partition coefficient (Wildman–Crippen LogP) is 5.85. The number of anilines is 2. The Morgan fingerprint density at radius 3 is 2.52 bits per heavy atom. The van der Waals surface area contributed by atoms with Crippen LogP contribution in [0.25, 0.3) is 0 Å². The van der Waals surface area contributed by atoms with E-state index >= 15 is 0 Å². The molecule has 0 unspecified atom stereocenters. The number of hydrogen-bond donors (Lipinski definition) is 2. The summed E-state index contributed by atoms with van der Waals surface area (Å²) in [6.07, 6.45) is 3.58. The number of piperidine rings is 1. The number of carboxylic acids is 1. The van der Waals surface area contributed by atoms with Crippen molar-refractivity contribution < 1.29 is 14.3 Å². The molecule has 1 saturated heterocycles. The molecular weight excluding hydrogens is 404 g/mol. The zero-order valence-electron chi connectivity index (χ0n) is 18.6. The van der Waals surface area contributed by atoms with Gasteiger partial charge in [-0.1, -0.05) is 32.4 Å². The van der Waals surface area contributed by atoms with Gasteiger partial charge in [0.2, 0.25) is 0 Å². The minimum Gasteiger partial charge on any atom is -0.481 e. The first-order valence-electron chi connectivity index (χ1n) is 10.6. The molecule has 0 spiro atoms. The third kappa shape index (κ3) is 7.19. The van der Waals surface area contributed by atoms with E-state index in [0.717, 1.165) is 43.4 Å². The highest BCUT2D eigenvalue weighted by atomic mass is 35.5. The average molecular weight is 441 g/mol. The number of nitrogens with zero attached hydrogens (tertiary/aromatic N) is 1. The Morgan fingerprint density at radius 2 is 1.97 bits per heavy atom. The van der Waals surface area contributed by atoms with Crippen LogP contribution < -0.4 is 10.2 Å². The summed E-state index contributed by atoms with van der Waals surface area (Å²) in [7, 11) is -1.65. The summed E-state index contributed by atoms with van der Waals surface area (Å²) in [6.45, 7) is 14.8. The molecule has 7 heteroatoms. The molecule has 164 valence electrons. The highest BCUT2D eigenvalue weighted by molar-refractivity contribution is 6.74. The number of hydrogen-bond acceptors (Lipinski definition) is 4. The van der Waals surface area contributed by atoms with Gasteiger partial charge in [0.15, 0.2) is 8.32 Å². The Morgan fingerprint density at radius 1 is 1.31 bits per heavy atom. The molecule has 29 heavy (non-hydrogen) atoms. The molecule has 0 bridgehead atoms. The van der Waals surface area contributed by atoms with Crippen LogP contribution in [0.2, 0.25) is 23.2 Å². The van der Waals surface area contributed by atoms with Crippen molar-refractivity contribution in [2.24, 2.45) is 5.92 Å². The molecule has 2 N–H and O–H groups in total. The third-order valence-corrected chi connectivity index (χ3v) is 11.2. The van der Waals surface area contributed by atoms with Gasteiger partial charge in [-0.3, -0.25) is 4.79 Å². The Labute approximate surface area is 181 Å². The molecule has 0 radical (unpaired) electrons. The number of carbonyl (C=O) groups is 1. The first-order valence-corrected chi connectivity index (χ1v) is 13.9. The molecule has 0 amide bonds. The van der Waals surface area contributed by atoms with E-state index in [0.29, 0.717) is 11.6 Å². The fourth-order valence-corrected chi connectivity index (χ4v) is 4.63. The number of nitrogens with one attached hydrogen (secondary N) is 1. The van der Waals surface area contributed by atoms with E-state index in [-0.39, 0.29) is 11.5 Å². The first-order chi connectivity index (χ1) is 13.5. The fourth-order valence-electron chi connectivity index (χ4n) is 3.33. The molecule has 1 aliphatic rings. The molecule has 0 aromatic heterocycles. The van der Waals surface area contributed by atoms with E-state index in [2.05, 4.69) is 50.1 Å². The van der Waals surface area contributed by atoms with Gasteiger partial charge in [0, 0.05) is 31.9 Å². The maximum atomic E-state index is 10.6. The van der Waals surface area contributed by atoms with Gasteiger partial charge in [-0.2, -0.15) is 0 Å². The highest BCUT2D eigenvalue weighted by Crippen LogP contribution is 2.37. The lowest BCUT2D eigenvalue weighted by atomic mass is 9.93. The van der Waals surface area contributed by atoms with Gasteiger partial charge in [-0.05, 0) is 61.5 Å². The van der Waals surface area contributed by atoms with Crippen LogP contribution in [-0.4, -0.2) is 45.6 Å². The summed E-state index contributed by atoms with van der Waals surface area (Å²) in [5.41, 5.74) is 1.92. The van der Waals surface area contributed by atoms with Gasteiger partial charge in [-0.25, -0.2) is 0 Å². The standard InChI is InChI=1S/C22H37ClN2O3Si/c1-22(2,3)29(4,5)28-15-11-17-9-13-25(14-10-17)18-6-7-20(19(23)16-18)24-12-8-21(26)27/h6-7,16-17,24H,8-15H2,1-5H3,(H,26,27). The zero-order valence-corrected chi connectivity index (χ0v) is 20.3. The van der Waals surface area contributed by atoms with Crippen molar-refractivity contribution in [2.45, 2.75) is 64.6 Å².